The van der Waals surface area contributed by atoms with Crippen molar-refractivity contribution in [1.82, 2.24) is 16.0 Å². The highest BCUT2D eigenvalue weighted by Crippen LogP contribution is 2.63. The van der Waals surface area contributed by atoms with E-state index in [9.17, 15) is 34.5 Å². The van der Waals surface area contributed by atoms with Crippen LogP contribution in [0.4, 0.5) is 4.79 Å². The van der Waals surface area contributed by atoms with Crippen LogP contribution >= 0.6 is 11.8 Å². The quantitative estimate of drug-likeness (QED) is 0.112. The van der Waals surface area contributed by atoms with Gasteiger partial charge in [0, 0.05) is 35.8 Å². The Morgan fingerprint density at radius 2 is 1.80 bits per heavy atom. The Morgan fingerprint density at radius 3 is 2.53 bits per heavy atom. The average molecular weight is 686 g/mol. The zero-order valence-corrected chi connectivity index (χ0v) is 28.9. The monoisotopic (exact) mass is 685 g/mol. The molecule has 7 atom stereocenters. The van der Waals surface area contributed by atoms with Crippen LogP contribution in [0.1, 0.15) is 78.1 Å². The van der Waals surface area contributed by atoms with Gasteiger partial charge in [0.2, 0.25) is 5.91 Å². The molecule has 0 radical (unpaired) electrons. The molecular formula is C37H43N5O6S. The van der Waals surface area contributed by atoms with Gasteiger partial charge in [-0.15, -0.1) is 6.42 Å². The van der Waals surface area contributed by atoms with Gasteiger partial charge in [-0.3, -0.25) is 19.2 Å². The van der Waals surface area contributed by atoms with Crippen molar-refractivity contribution in [1.29, 1.82) is 10.5 Å². The van der Waals surface area contributed by atoms with Gasteiger partial charge in [0.1, 0.15) is 18.7 Å². The van der Waals surface area contributed by atoms with E-state index in [4.69, 9.17) is 11.2 Å². The maximum absolute atomic E-state index is 13.6. The first-order chi connectivity index (χ1) is 23.4. The number of carbonyl (C=O) groups excluding carboxylic acids is 5. The molecule has 3 N–H and O–H groups in total. The smallest absolute Gasteiger partial charge is 0.315 e. The van der Waals surface area contributed by atoms with Gasteiger partial charge in [-0.2, -0.15) is 22.3 Å². The molecule has 3 amide bonds. The molecule has 11 nitrogen and oxygen atoms in total. The highest BCUT2D eigenvalue weighted by Gasteiger charge is 2.61. The van der Waals surface area contributed by atoms with Crippen LogP contribution in [-0.2, 0) is 23.9 Å². The van der Waals surface area contributed by atoms with Crippen molar-refractivity contribution in [2.75, 3.05) is 18.9 Å². The third-order valence-corrected chi connectivity index (χ3v) is 12.5. The van der Waals surface area contributed by atoms with Gasteiger partial charge in [-0.1, -0.05) is 31.8 Å². The summed E-state index contributed by atoms with van der Waals surface area (Å²) in [5, 5.41) is 28.6. The summed E-state index contributed by atoms with van der Waals surface area (Å²) in [7, 11) is 0. The van der Waals surface area contributed by atoms with Crippen LogP contribution in [0, 0.1) is 57.2 Å². The molecule has 258 valence electrons. The van der Waals surface area contributed by atoms with E-state index in [1.165, 1.54) is 12.2 Å². The second kappa shape index (κ2) is 14.6. The third kappa shape index (κ3) is 7.05. The molecule has 2 heterocycles. The van der Waals surface area contributed by atoms with E-state index in [1.54, 1.807) is 13.0 Å². The molecule has 0 aromatic heterocycles. The van der Waals surface area contributed by atoms with Crippen LogP contribution in [0.3, 0.4) is 0 Å². The molecule has 12 heteroatoms. The lowest BCUT2D eigenvalue weighted by molar-refractivity contribution is -0.154. The fraction of sp³-hybridized carbons (Fsp3) is 0.595. The Bertz CT molecular complexity index is 1650. The number of ketones is 2. The fourth-order valence-corrected chi connectivity index (χ4v) is 9.96. The Kier molecular flexibility index (Phi) is 10.7. The minimum absolute atomic E-state index is 0.00691. The van der Waals surface area contributed by atoms with Gasteiger partial charge in [0.15, 0.2) is 11.6 Å². The zero-order chi connectivity index (χ0) is 35.4. The Labute approximate surface area is 291 Å². The largest absolute Gasteiger partial charge is 0.465 e. The molecule has 1 saturated carbocycles. The van der Waals surface area contributed by atoms with E-state index in [2.05, 4.69) is 21.9 Å². The van der Waals surface area contributed by atoms with Gasteiger partial charge in [-0.25, -0.2) is 4.79 Å². The number of nitrogens with zero attached hydrogens (tertiary/aromatic N) is 2. The molecule has 5 aliphatic rings. The van der Waals surface area contributed by atoms with Gasteiger partial charge in [-0.05, 0) is 69.1 Å². The Balaban J connectivity index is 1.05. The second-order valence-electron chi connectivity index (χ2n) is 14.2. The van der Waals surface area contributed by atoms with E-state index in [0.29, 0.717) is 55.9 Å². The SMILES string of the molecule is C#CC12C=C(C#N)C(=O)C=C1C1(C)C=C(C#N)C(=O)C(C)(COC(=O)CCCCCNC(=O)CCCC[C@@H]3SC[C@@H]4NC(=O)N[C@@H]43)C1CC2. The number of hydrogen-bond acceptors (Lipinski definition) is 9. The minimum Gasteiger partial charge on any atom is -0.465 e. The molecule has 0 aromatic carbocycles. The molecule has 3 fully saturated rings. The molecule has 4 unspecified atom stereocenters. The van der Waals surface area contributed by atoms with Crippen LogP contribution in [0.25, 0.3) is 0 Å². The summed E-state index contributed by atoms with van der Waals surface area (Å²) in [5.41, 5.74) is -2.69. The molecular weight excluding hydrogens is 643 g/mol. The summed E-state index contributed by atoms with van der Waals surface area (Å²) < 4.78 is 5.68. The van der Waals surface area contributed by atoms with Crippen LogP contribution in [0.5, 0.6) is 0 Å². The number of carbonyl (C=O) groups is 5. The number of allylic oxidation sites excluding steroid dienone is 6. The van der Waals surface area contributed by atoms with Crippen molar-refractivity contribution < 1.29 is 28.7 Å². The number of urea groups is 1. The zero-order valence-electron chi connectivity index (χ0n) is 28.1. The van der Waals surface area contributed by atoms with E-state index >= 15 is 0 Å². The number of nitrogens with one attached hydrogen (secondary N) is 3. The lowest BCUT2D eigenvalue weighted by Crippen LogP contribution is -2.56. The molecule has 3 aliphatic carbocycles. The maximum atomic E-state index is 13.6. The number of Topliss-reactive ketones (excluding diaryl/α,β-unsaturated/α-hetero) is 1. The van der Waals surface area contributed by atoms with Crippen molar-refractivity contribution in [2.24, 2.45) is 22.2 Å². The number of unbranched alkanes of at least 4 members (excludes halogenated alkanes) is 3. The average Bonchev–Trinajstić information content (AvgIpc) is 3.64. The van der Waals surface area contributed by atoms with Gasteiger partial charge < -0.3 is 20.7 Å². The van der Waals surface area contributed by atoms with Crippen LogP contribution in [0.2, 0.25) is 0 Å². The summed E-state index contributed by atoms with van der Waals surface area (Å²) in [4.78, 5) is 63.0. The van der Waals surface area contributed by atoms with Crippen molar-refractivity contribution in [3.8, 4) is 24.5 Å². The second-order valence-corrected chi connectivity index (χ2v) is 15.5. The van der Waals surface area contributed by atoms with E-state index in [1.807, 2.05) is 30.8 Å². The van der Waals surface area contributed by atoms with Gasteiger partial charge in [0.25, 0.3) is 0 Å². The van der Waals surface area contributed by atoms with Gasteiger partial charge >= 0.3 is 12.0 Å². The summed E-state index contributed by atoms with van der Waals surface area (Å²) in [6.07, 6.45) is 16.6. The van der Waals surface area contributed by atoms with Crippen LogP contribution in [0.15, 0.2) is 34.9 Å². The van der Waals surface area contributed by atoms with Crippen molar-refractivity contribution >= 4 is 41.2 Å². The van der Waals surface area contributed by atoms with Gasteiger partial charge in [0.05, 0.1) is 34.1 Å². The molecule has 49 heavy (non-hydrogen) atoms. The van der Waals surface area contributed by atoms with E-state index < -0.39 is 39.7 Å². The number of fused-ring (bicyclic) bond motifs is 4. The number of hydrogen-bond donors (Lipinski definition) is 3. The first-order valence-electron chi connectivity index (χ1n) is 17.1. The Hall–Kier alpha value is -4.34. The van der Waals surface area contributed by atoms with E-state index in [-0.39, 0.29) is 48.2 Å². The van der Waals surface area contributed by atoms with Crippen LogP contribution < -0.4 is 16.0 Å². The molecule has 2 saturated heterocycles. The first kappa shape index (κ1) is 36.0. The number of ether oxygens (including phenoxy) is 1. The molecule has 0 bridgehead atoms. The summed E-state index contributed by atoms with van der Waals surface area (Å²) >= 11 is 1.87. The summed E-state index contributed by atoms with van der Waals surface area (Å²) in [6.45, 7) is 3.87. The van der Waals surface area contributed by atoms with E-state index in [0.717, 1.165) is 25.0 Å². The normalized spacial score (nSPS) is 32.7. The third-order valence-electron chi connectivity index (χ3n) is 11.0. The van der Waals surface area contributed by atoms with Crippen molar-refractivity contribution in [3.63, 3.8) is 0 Å². The van der Waals surface area contributed by atoms with Crippen molar-refractivity contribution in [2.45, 2.75) is 95.4 Å². The number of nitriles is 2. The molecule has 0 aromatic rings. The molecule has 5 rings (SSSR count). The minimum atomic E-state index is -1.22. The Morgan fingerprint density at radius 1 is 1.04 bits per heavy atom. The van der Waals surface area contributed by atoms with Crippen LogP contribution in [-0.4, -0.2) is 65.7 Å². The lowest BCUT2D eigenvalue weighted by Gasteiger charge is -2.56. The van der Waals surface area contributed by atoms with Crippen molar-refractivity contribution in [3.05, 3.63) is 34.9 Å². The fourth-order valence-electron chi connectivity index (χ4n) is 8.42. The number of thioether (sulfide) groups is 1. The maximum Gasteiger partial charge on any atom is 0.315 e. The number of esters is 1. The standard InChI is InChI=1S/C37H43N5O6S/c1-4-37-14-13-28-35(2,29(37)16-26(43)23(18-37)19-38)17-24(20-39)33(46)36(28,3)22-48-31(45)12-6-5-9-15-40-30(44)11-8-7-10-27-32-25(21-49-27)41-34(47)42-32/h1,16-18,25,27-28,32H,5-15,21-22H2,2-3H3,(H,40,44)(H2,41,42,47)/t25-,27-,28?,32-,35?,36?,37?/m0/s1. The summed E-state index contributed by atoms with van der Waals surface area (Å²) in [6, 6.07) is 4.22. The number of amides is 3. The summed E-state index contributed by atoms with van der Waals surface area (Å²) in [5.74, 6) is 2.00. The molecule has 0 spiro atoms. The number of rotatable bonds is 13. The molecule has 2 aliphatic heterocycles. The highest BCUT2D eigenvalue weighted by molar-refractivity contribution is 8.00. The predicted molar refractivity (Wildman–Crippen MR) is 182 cm³/mol. The first-order valence-corrected chi connectivity index (χ1v) is 18.1. The predicted octanol–water partition coefficient (Wildman–Crippen LogP) is 3.97. The lowest BCUT2D eigenvalue weighted by atomic mass is 9.45. The topological polar surface area (TPSA) is 178 Å². The number of terminal acetylenes is 1. The highest BCUT2D eigenvalue weighted by atomic mass is 32.2.